The average molecular weight is 278 g/mol. The number of nitrogens with zero attached hydrogens (tertiary/aromatic N) is 2. The summed E-state index contributed by atoms with van der Waals surface area (Å²) in [4.78, 5) is 20.0. The van der Waals surface area contributed by atoms with Crippen molar-refractivity contribution >= 4 is 23.2 Å². The molecule has 1 amide bonds. The van der Waals surface area contributed by atoms with Crippen molar-refractivity contribution in [1.29, 1.82) is 0 Å². The lowest BCUT2D eigenvalue weighted by molar-refractivity contribution is 0.102. The third kappa shape index (κ3) is 3.20. The van der Waals surface area contributed by atoms with Gasteiger partial charge < -0.3 is 10.1 Å². The van der Waals surface area contributed by atoms with Crippen molar-refractivity contribution in [3.05, 3.63) is 47.4 Å². The molecular formula is C13H12ClN3O2. The molecule has 0 saturated carbocycles. The van der Waals surface area contributed by atoms with Gasteiger partial charge in [0.2, 0.25) is 5.88 Å². The highest BCUT2D eigenvalue weighted by Gasteiger charge is 2.13. The highest BCUT2D eigenvalue weighted by atomic mass is 35.5. The molecule has 2 aromatic heterocycles. The zero-order chi connectivity index (χ0) is 13.7. The number of amides is 1. The Morgan fingerprint density at radius 2 is 2.26 bits per heavy atom. The quantitative estimate of drug-likeness (QED) is 0.933. The number of halogens is 1. The Morgan fingerprint density at radius 3 is 3.00 bits per heavy atom. The highest BCUT2D eigenvalue weighted by molar-refractivity contribution is 6.34. The van der Waals surface area contributed by atoms with Crippen molar-refractivity contribution in [2.45, 2.75) is 6.92 Å². The molecule has 0 aliphatic carbocycles. The number of hydrogen-bond donors (Lipinski definition) is 1. The molecule has 0 unspecified atom stereocenters. The molecule has 2 heterocycles. The maximum absolute atomic E-state index is 12.1. The van der Waals surface area contributed by atoms with Crippen molar-refractivity contribution < 1.29 is 9.53 Å². The summed E-state index contributed by atoms with van der Waals surface area (Å²) in [7, 11) is 0. The molecule has 2 aromatic rings. The number of pyridine rings is 2. The number of hydrogen-bond acceptors (Lipinski definition) is 4. The smallest absolute Gasteiger partial charge is 0.257 e. The molecule has 0 atom stereocenters. The molecule has 5 nitrogen and oxygen atoms in total. The molecule has 19 heavy (non-hydrogen) atoms. The Kier molecular flexibility index (Phi) is 4.30. The summed E-state index contributed by atoms with van der Waals surface area (Å²) in [6.45, 7) is 2.32. The number of rotatable bonds is 4. The van der Waals surface area contributed by atoms with E-state index in [0.717, 1.165) is 0 Å². The molecular weight excluding hydrogens is 266 g/mol. The summed E-state index contributed by atoms with van der Waals surface area (Å²) < 4.78 is 5.33. The number of nitrogens with one attached hydrogen (secondary N) is 1. The van der Waals surface area contributed by atoms with Gasteiger partial charge in [-0.3, -0.25) is 9.78 Å². The van der Waals surface area contributed by atoms with Crippen LogP contribution in [0, 0.1) is 0 Å². The first-order chi connectivity index (χ1) is 9.22. The van der Waals surface area contributed by atoms with E-state index in [9.17, 15) is 4.79 Å². The summed E-state index contributed by atoms with van der Waals surface area (Å²) in [6.07, 6.45) is 4.52. The van der Waals surface area contributed by atoms with Crippen LogP contribution in [0.4, 0.5) is 5.69 Å². The van der Waals surface area contributed by atoms with Gasteiger partial charge >= 0.3 is 0 Å². The van der Waals surface area contributed by atoms with Crippen LogP contribution < -0.4 is 10.1 Å². The normalized spacial score (nSPS) is 10.0. The monoisotopic (exact) mass is 277 g/mol. The third-order valence-corrected chi connectivity index (χ3v) is 2.62. The first kappa shape index (κ1) is 13.3. The fourth-order valence-corrected chi connectivity index (χ4v) is 1.69. The summed E-state index contributed by atoms with van der Waals surface area (Å²) in [6, 6.07) is 4.98. The highest BCUT2D eigenvalue weighted by Crippen LogP contribution is 2.22. The first-order valence-electron chi connectivity index (χ1n) is 5.71. The van der Waals surface area contributed by atoms with Gasteiger partial charge in [-0.25, -0.2) is 4.98 Å². The van der Waals surface area contributed by atoms with E-state index in [0.29, 0.717) is 28.8 Å². The summed E-state index contributed by atoms with van der Waals surface area (Å²) in [5.74, 6) is 0.0462. The van der Waals surface area contributed by atoms with E-state index in [-0.39, 0.29) is 5.91 Å². The van der Waals surface area contributed by atoms with Crippen LogP contribution in [0.25, 0.3) is 0 Å². The summed E-state index contributed by atoms with van der Waals surface area (Å²) in [5, 5.41) is 3.01. The molecule has 6 heteroatoms. The SMILES string of the molecule is CCOc1ncccc1NC(=O)c1ccncc1Cl. The zero-order valence-corrected chi connectivity index (χ0v) is 11.0. The topological polar surface area (TPSA) is 64.1 Å². The van der Waals surface area contributed by atoms with E-state index in [1.54, 1.807) is 24.4 Å². The minimum absolute atomic E-state index is 0.293. The molecule has 0 aromatic carbocycles. The molecule has 0 fully saturated rings. The fourth-order valence-electron chi connectivity index (χ4n) is 1.49. The van der Waals surface area contributed by atoms with Gasteiger partial charge in [0, 0.05) is 18.6 Å². The lowest BCUT2D eigenvalue weighted by Gasteiger charge is -2.10. The van der Waals surface area contributed by atoms with E-state index in [1.807, 2.05) is 6.92 Å². The van der Waals surface area contributed by atoms with Gasteiger partial charge in [-0.2, -0.15) is 0 Å². The van der Waals surface area contributed by atoms with E-state index >= 15 is 0 Å². The van der Waals surface area contributed by atoms with Gasteiger partial charge in [0.25, 0.3) is 5.91 Å². The summed E-state index contributed by atoms with van der Waals surface area (Å²) in [5.41, 5.74) is 0.852. The Bertz CT molecular complexity index is 590. The molecule has 0 aliphatic rings. The number of ether oxygens (including phenoxy) is 1. The van der Waals surface area contributed by atoms with E-state index in [1.165, 1.54) is 12.4 Å². The van der Waals surface area contributed by atoms with Crippen molar-refractivity contribution in [3.8, 4) is 5.88 Å². The molecule has 0 radical (unpaired) electrons. The van der Waals surface area contributed by atoms with E-state index in [2.05, 4.69) is 15.3 Å². The van der Waals surface area contributed by atoms with Gasteiger partial charge in [0.15, 0.2) is 0 Å². The number of carbonyl (C=O) groups excluding carboxylic acids is 1. The molecule has 0 spiro atoms. The Labute approximate surface area is 115 Å². The predicted molar refractivity (Wildman–Crippen MR) is 72.6 cm³/mol. The lowest BCUT2D eigenvalue weighted by Crippen LogP contribution is -2.14. The van der Waals surface area contributed by atoms with Crippen molar-refractivity contribution in [3.63, 3.8) is 0 Å². The van der Waals surface area contributed by atoms with Crippen molar-refractivity contribution in [2.75, 3.05) is 11.9 Å². The predicted octanol–water partition coefficient (Wildman–Crippen LogP) is 2.78. The van der Waals surface area contributed by atoms with Crippen LogP contribution in [0.1, 0.15) is 17.3 Å². The zero-order valence-electron chi connectivity index (χ0n) is 10.3. The van der Waals surface area contributed by atoms with Gasteiger partial charge in [-0.15, -0.1) is 0 Å². The number of aromatic nitrogens is 2. The second-order valence-electron chi connectivity index (χ2n) is 3.60. The Balaban J connectivity index is 2.22. The molecule has 2 rings (SSSR count). The fraction of sp³-hybridized carbons (Fsp3) is 0.154. The molecule has 0 bridgehead atoms. The van der Waals surface area contributed by atoms with Gasteiger partial charge in [0.05, 0.1) is 17.2 Å². The number of carbonyl (C=O) groups is 1. The van der Waals surface area contributed by atoms with Crippen LogP contribution in [0.15, 0.2) is 36.8 Å². The minimum Gasteiger partial charge on any atom is -0.476 e. The van der Waals surface area contributed by atoms with Crippen LogP contribution in [0.2, 0.25) is 5.02 Å². The van der Waals surface area contributed by atoms with Gasteiger partial charge in [0.1, 0.15) is 5.69 Å². The molecule has 0 aliphatic heterocycles. The van der Waals surface area contributed by atoms with Crippen molar-refractivity contribution in [1.82, 2.24) is 9.97 Å². The second-order valence-corrected chi connectivity index (χ2v) is 4.01. The minimum atomic E-state index is -0.332. The van der Waals surface area contributed by atoms with Crippen LogP contribution in [0.5, 0.6) is 5.88 Å². The van der Waals surface area contributed by atoms with Crippen LogP contribution >= 0.6 is 11.6 Å². The van der Waals surface area contributed by atoms with E-state index in [4.69, 9.17) is 16.3 Å². The molecule has 1 N–H and O–H groups in total. The third-order valence-electron chi connectivity index (χ3n) is 2.32. The van der Waals surface area contributed by atoms with Crippen molar-refractivity contribution in [2.24, 2.45) is 0 Å². The standard InChI is InChI=1S/C13H12ClN3O2/c1-2-19-13-11(4-3-6-16-13)17-12(18)9-5-7-15-8-10(9)14/h3-8H,2H2,1H3,(H,17,18). The number of anilines is 1. The van der Waals surface area contributed by atoms with E-state index < -0.39 is 0 Å². The van der Waals surface area contributed by atoms with Gasteiger partial charge in [-0.1, -0.05) is 11.6 Å². The Hall–Kier alpha value is -2.14. The molecule has 0 saturated heterocycles. The van der Waals surface area contributed by atoms with Crippen LogP contribution in [-0.2, 0) is 0 Å². The summed E-state index contributed by atoms with van der Waals surface area (Å²) >= 11 is 5.92. The maximum atomic E-state index is 12.1. The lowest BCUT2D eigenvalue weighted by atomic mass is 10.2. The maximum Gasteiger partial charge on any atom is 0.257 e. The first-order valence-corrected chi connectivity index (χ1v) is 6.09. The van der Waals surface area contributed by atoms with Crippen LogP contribution in [-0.4, -0.2) is 22.5 Å². The average Bonchev–Trinajstić information content (AvgIpc) is 2.41. The van der Waals surface area contributed by atoms with Gasteiger partial charge in [-0.05, 0) is 25.1 Å². The molecule has 98 valence electrons. The second kappa shape index (κ2) is 6.15. The Morgan fingerprint density at radius 1 is 1.42 bits per heavy atom. The van der Waals surface area contributed by atoms with Crippen LogP contribution in [0.3, 0.4) is 0 Å². The largest absolute Gasteiger partial charge is 0.476 e.